The topological polar surface area (TPSA) is 25.3 Å². The maximum absolute atomic E-state index is 12.0. The third-order valence-corrected chi connectivity index (χ3v) is 8.89. The maximum atomic E-state index is 12.0. The average Bonchev–Trinajstić information content (AvgIpc) is 3.31. The summed E-state index contributed by atoms with van der Waals surface area (Å²) < 4.78 is 1.52. The van der Waals surface area contributed by atoms with Crippen molar-refractivity contribution in [3.05, 3.63) is 99.6 Å². The van der Waals surface area contributed by atoms with Crippen molar-refractivity contribution in [1.82, 2.24) is 0 Å². The van der Waals surface area contributed by atoms with Crippen LogP contribution in [0.1, 0.15) is 159 Å². The lowest BCUT2D eigenvalue weighted by Crippen LogP contribution is -2.03. The highest BCUT2D eigenvalue weighted by Crippen LogP contribution is 2.43. The minimum Gasteiger partial charge on any atom is -0.493 e. The molecule has 2 nitrogen and oxygen atoms in total. The number of aryl methyl sites for hydroxylation is 2. The van der Waals surface area contributed by atoms with Gasteiger partial charge in [0.05, 0.1) is 5.57 Å². The van der Waals surface area contributed by atoms with Crippen LogP contribution < -0.4 is 0 Å². The van der Waals surface area contributed by atoms with Crippen LogP contribution in [0.2, 0.25) is 0 Å². The first-order chi connectivity index (χ1) is 21.1. The van der Waals surface area contributed by atoms with E-state index in [1.807, 2.05) is 0 Å². The summed E-state index contributed by atoms with van der Waals surface area (Å²) in [6, 6.07) is 17.9. The smallest absolute Gasteiger partial charge is 0.215 e. The molecule has 0 saturated heterocycles. The second kappa shape index (κ2) is 20.3. The predicted molar refractivity (Wildman–Crippen MR) is 188 cm³/mol. The minimum absolute atomic E-state index is 0.943. The van der Waals surface area contributed by atoms with Crippen molar-refractivity contribution >= 4 is 11.4 Å². The standard InChI is InChI=1S/C41H60N2/c1-5-9-13-15-16-17-18-19-21-28-39-38(27-12-8-4)40(36-31-29-34(30-32-36)24-20-14-10-6-2)43(42)41(39)37-26-22-25-35(33-37)23-11-7-3/h21-22,25-26,28-33H,5-20,23-24,27H2,1-4H3. The molecule has 0 N–H and O–H groups in total. The molecule has 3 rings (SSSR count). The summed E-state index contributed by atoms with van der Waals surface area (Å²) in [6.45, 7) is 9.06. The molecule has 2 aromatic rings. The largest absolute Gasteiger partial charge is 0.493 e. The van der Waals surface area contributed by atoms with Gasteiger partial charge in [0.15, 0.2) is 0 Å². The molecule has 0 unspecified atom stereocenters. The van der Waals surface area contributed by atoms with Crippen molar-refractivity contribution < 1.29 is 4.70 Å². The first kappa shape index (κ1) is 34.7. The van der Waals surface area contributed by atoms with Gasteiger partial charge in [-0.3, -0.25) is 0 Å². The van der Waals surface area contributed by atoms with Crippen LogP contribution in [0.15, 0.2) is 71.8 Å². The third kappa shape index (κ3) is 11.0. The molecule has 43 heavy (non-hydrogen) atoms. The van der Waals surface area contributed by atoms with Crippen molar-refractivity contribution in [3.8, 4) is 0 Å². The van der Waals surface area contributed by atoms with Crippen molar-refractivity contribution in [3.63, 3.8) is 0 Å². The SMILES string of the molecule is CCCCCCCCCC=CC1=C(c2cccc(CCCC)c2)[N+](=[N-])C(c2ccc(CCCCCC)cc2)=C1CCCC. The van der Waals surface area contributed by atoms with Crippen LogP contribution in [0.3, 0.4) is 0 Å². The van der Waals surface area contributed by atoms with Gasteiger partial charge in [0, 0.05) is 16.7 Å². The molecular weight excluding hydrogens is 520 g/mol. The molecule has 0 amide bonds. The number of benzene rings is 2. The van der Waals surface area contributed by atoms with E-state index < -0.39 is 0 Å². The van der Waals surface area contributed by atoms with Crippen molar-refractivity contribution in [1.29, 1.82) is 0 Å². The Labute approximate surface area is 264 Å². The lowest BCUT2D eigenvalue weighted by atomic mass is 9.94. The van der Waals surface area contributed by atoms with E-state index in [0.29, 0.717) is 0 Å². The van der Waals surface area contributed by atoms with Crippen LogP contribution in [0, 0.1) is 0 Å². The fraction of sp³-hybridized carbons (Fsp3) is 0.561. The van der Waals surface area contributed by atoms with E-state index in [0.717, 1.165) is 61.0 Å². The Hall–Kier alpha value is -2.74. The highest BCUT2D eigenvalue weighted by atomic mass is 15.2. The average molecular weight is 581 g/mol. The zero-order valence-corrected chi connectivity index (χ0v) is 28.1. The van der Waals surface area contributed by atoms with Crippen LogP contribution in [-0.2, 0) is 12.8 Å². The van der Waals surface area contributed by atoms with Crippen LogP contribution in [0.5, 0.6) is 0 Å². The van der Waals surface area contributed by atoms with Crippen molar-refractivity contribution in [2.45, 2.75) is 150 Å². The fourth-order valence-corrected chi connectivity index (χ4v) is 6.25. The van der Waals surface area contributed by atoms with Gasteiger partial charge in [-0.25, -0.2) is 4.70 Å². The van der Waals surface area contributed by atoms with E-state index >= 15 is 0 Å². The van der Waals surface area contributed by atoms with Gasteiger partial charge in [0.2, 0.25) is 11.4 Å². The molecule has 1 aliphatic heterocycles. The Balaban J connectivity index is 1.92. The quantitative estimate of drug-likeness (QED) is 0.0977. The number of hydrogen-bond donors (Lipinski definition) is 0. The molecule has 0 aromatic heterocycles. The predicted octanol–water partition coefficient (Wildman–Crippen LogP) is 13.2. The van der Waals surface area contributed by atoms with Gasteiger partial charge < -0.3 is 5.53 Å². The molecule has 0 saturated carbocycles. The summed E-state index contributed by atoms with van der Waals surface area (Å²) in [5.41, 5.74) is 21.3. The molecule has 0 atom stereocenters. The fourth-order valence-electron chi connectivity index (χ4n) is 6.25. The Morgan fingerprint density at radius 3 is 1.86 bits per heavy atom. The van der Waals surface area contributed by atoms with Gasteiger partial charge in [0.25, 0.3) is 0 Å². The molecule has 2 aromatic carbocycles. The normalized spacial score (nSPS) is 13.7. The second-order valence-electron chi connectivity index (χ2n) is 12.6. The van der Waals surface area contributed by atoms with E-state index in [2.05, 4.69) is 88.4 Å². The molecule has 0 aliphatic carbocycles. The molecule has 1 heterocycles. The molecule has 0 bridgehead atoms. The first-order valence-corrected chi connectivity index (χ1v) is 18.0. The van der Waals surface area contributed by atoms with Crippen molar-refractivity contribution in [2.24, 2.45) is 0 Å². The van der Waals surface area contributed by atoms with E-state index in [9.17, 15) is 5.53 Å². The number of rotatable bonds is 22. The number of nitrogens with zero attached hydrogens (tertiary/aromatic N) is 2. The van der Waals surface area contributed by atoms with Crippen molar-refractivity contribution in [2.75, 3.05) is 0 Å². The Morgan fingerprint density at radius 2 is 1.16 bits per heavy atom. The Bertz CT molecular complexity index is 1190. The number of allylic oxidation sites excluding steroid dienone is 4. The molecular formula is C41H60N2. The Morgan fingerprint density at radius 1 is 0.558 bits per heavy atom. The maximum Gasteiger partial charge on any atom is 0.215 e. The summed E-state index contributed by atoms with van der Waals surface area (Å²) in [6.07, 6.45) is 28.0. The van der Waals surface area contributed by atoms with E-state index in [-0.39, 0.29) is 0 Å². The van der Waals surface area contributed by atoms with Gasteiger partial charge in [-0.2, -0.15) is 0 Å². The summed E-state index contributed by atoms with van der Waals surface area (Å²) in [7, 11) is 0. The summed E-state index contributed by atoms with van der Waals surface area (Å²) >= 11 is 0. The third-order valence-electron chi connectivity index (χ3n) is 8.89. The van der Waals surface area contributed by atoms with Crippen LogP contribution in [-0.4, -0.2) is 4.70 Å². The van der Waals surface area contributed by atoms with E-state index in [1.165, 1.54) is 110 Å². The lowest BCUT2D eigenvalue weighted by Gasteiger charge is -2.11. The first-order valence-electron chi connectivity index (χ1n) is 18.0. The summed E-state index contributed by atoms with van der Waals surface area (Å²) in [5, 5.41) is 0. The lowest BCUT2D eigenvalue weighted by molar-refractivity contribution is -0.345. The van der Waals surface area contributed by atoms with Crippen LogP contribution in [0.25, 0.3) is 16.9 Å². The molecule has 1 aliphatic rings. The Kier molecular flexibility index (Phi) is 16.4. The molecule has 0 spiro atoms. The molecule has 0 fully saturated rings. The zero-order chi connectivity index (χ0) is 30.7. The van der Waals surface area contributed by atoms with Gasteiger partial charge in [0.1, 0.15) is 0 Å². The highest BCUT2D eigenvalue weighted by molar-refractivity contribution is 5.84. The van der Waals surface area contributed by atoms with E-state index in [4.69, 9.17) is 0 Å². The van der Waals surface area contributed by atoms with Crippen LogP contribution >= 0.6 is 0 Å². The van der Waals surface area contributed by atoms with Gasteiger partial charge in [-0.1, -0.05) is 135 Å². The second-order valence-corrected chi connectivity index (χ2v) is 12.6. The minimum atomic E-state index is 0.943. The van der Waals surface area contributed by atoms with E-state index in [1.54, 1.807) is 0 Å². The number of hydrogen-bond acceptors (Lipinski definition) is 0. The van der Waals surface area contributed by atoms with Gasteiger partial charge in [-0.15, -0.1) is 0 Å². The molecule has 234 valence electrons. The van der Waals surface area contributed by atoms with Gasteiger partial charge >= 0.3 is 0 Å². The molecule has 0 radical (unpaired) electrons. The zero-order valence-electron chi connectivity index (χ0n) is 28.1. The highest BCUT2D eigenvalue weighted by Gasteiger charge is 2.34. The number of unbranched alkanes of at least 4 members (excludes halogenated alkanes) is 12. The summed E-state index contributed by atoms with van der Waals surface area (Å²) in [4.78, 5) is 0. The van der Waals surface area contributed by atoms with Crippen LogP contribution in [0.4, 0.5) is 0 Å². The summed E-state index contributed by atoms with van der Waals surface area (Å²) in [5.74, 6) is 0. The molecule has 2 heteroatoms. The monoisotopic (exact) mass is 580 g/mol. The van der Waals surface area contributed by atoms with Gasteiger partial charge in [-0.05, 0) is 86.8 Å².